The van der Waals surface area contributed by atoms with E-state index in [-0.39, 0.29) is 18.9 Å². The Hall–Kier alpha value is -3.20. The summed E-state index contributed by atoms with van der Waals surface area (Å²) in [6.07, 6.45) is 1.16. The van der Waals surface area contributed by atoms with Crippen molar-refractivity contribution in [3.63, 3.8) is 0 Å². The largest absolute Gasteiger partial charge is 0.494 e. The molecule has 0 unspecified atom stereocenters. The number of anilines is 1. The van der Waals surface area contributed by atoms with Gasteiger partial charge in [0.2, 0.25) is 0 Å². The lowest BCUT2D eigenvalue weighted by Gasteiger charge is -2.23. The summed E-state index contributed by atoms with van der Waals surface area (Å²) >= 11 is 0. The minimum Gasteiger partial charge on any atom is -0.494 e. The number of carbonyl (C=O) groups is 1. The molecule has 0 aliphatic carbocycles. The van der Waals surface area contributed by atoms with E-state index in [1.807, 2.05) is 31.2 Å². The van der Waals surface area contributed by atoms with Crippen LogP contribution in [0.3, 0.4) is 0 Å². The highest BCUT2D eigenvalue weighted by Gasteiger charge is 2.20. The number of nitriles is 1. The molecule has 2 rings (SSSR count). The Morgan fingerprint density at radius 2 is 1.83 bits per heavy atom. The van der Waals surface area contributed by atoms with Gasteiger partial charge < -0.3 is 19.1 Å². The molecule has 0 N–H and O–H groups in total. The quantitative estimate of drug-likeness (QED) is 0.517. The number of methoxy groups -OCH3 is 1. The van der Waals surface area contributed by atoms with Gasteiger partial charge in [-0.05, 0) is 61.7 Å². The zero-order valence-electron chi connectivity index (χ0n) is 18.2. The topological polar surface area (TPSA) is 71.8 Å². The Bertz CT molecular complexity index is 856. The Morgan fingerprint density at radius 3 is 2.43 bits per heavy atom. The first-order valence-electron chi connectivity index (χ1n) is 10.2. The van der Waals surface area contributed by atoms with Crippen LogP contribution in [0, 0.1) is 17.2 Å². The lowest BCUT2D eigenvalue weighted by Crippen LogP contribution is -2.31. The molecule has 0 aromatic heterocycles. The zero-order valence-corrected chi connectivity index (χ0v) is 18.2. The molecule has 0 saturated heterocycles. The first-order valence-corrected chi connectivity index (χ1v) is 10.2. The molecular weight excluding hydrogens is 380 g/mol. The normalized spacial score (nSPS) is 10.4. The molecule has 1 amide bonds. The molecule has 6 nitrogen and oxygen atoms in total. The molecule has 0 saturated carbocycles. The summed E-state index contributed by atoms with van der Waals surface area (Å²) in [6, 6.07) is 14.5. The van der Waals surface area contributed by atoms with E-state index in [0.717, 1.165) is 12.2 Å². The van der Waals surface area contributed by atoms with Gasteiger partial charge in [0, 0.05) is 17.8 Å². The van der Waals surface area contributed by atoms with E-state index in [9.17, 15) is 4.79 Å². The smallest absolute Gasteiger partial charge is 0.258 e. The molecule has 0 bridgehead atoms. The van der Waals surface area contributed by atoms with Gasteiger partial charge in [-0.1, -0.05) is 13.8 Å². The summed E-state index contributed by atoms with van der Waals surface area (Å²) in [5.41, 5.74) is 1.17. The highest BCUT2D eigenvalue weighted by Crippen LogP contribution is 2.30. The molecule has 6 heteroatoms. The van der Waals surface area contributed by atoms with Gasteiger partial charge in [0.05, 0.1) is 32.8 Å². The minimum absolute atomic E-state index is 0.207. The molecular formula is C24H30N2O4. The van der Waals surface area contributed by atoms with Crippen LogP contribution in [-0.2, 0) is 0 Å². The molecule has 0 heterocycles. The van der Waals surface area contributed by atoms with Crippen molar-refractivity contribution in [3.8, 4) is 23.3 Å². The van der Waals surface area contributed by atoms with Crippen molar-refractivity contribution >= 4 is 11.6 Å². The third kappa shape index (κ3) is 6.41. The molecule has 160 valence electrons. The summed E-state index contributed by atoms with van der Waals surface area (Å²) in [6.45, 7) is 7.64. The second-order valence-electron chi connectivity index (χ2n) is 7.19. The van der Waals surface area contributed by atoms with Crippen molar-refractivity contribution in [1.82, 2.24) is 0 Å². The van der Waals surface area contributed by atoms with E-state index >= 15 is 0 Å². The fraction of sp³-hybridized carbons (Fsp3) is 0.417. The van der Waals surface area contributed by atoms with Crippen LogP contribution in [0.25, 0.3) is 0 Å². The Balaban J connectivity index is 2.25. The van der Waals surface area contributed by atoms with Crippen molar-refractivity contribution in [2.75, 3.05) is 31.8 Å². The van der Waals surface area contributed by atoms with Gasteiger partial charge in [-0.25, -0.2) is 0 Å². The van der Waals surface area contributed by atoms with Crippen molar-refractivity contribution in [2.45, 2.75) is 33.6 Å². The van der Waals surface area contributed by atoms with Crippen molar-refractivity contribution in [1.29, 1.82) is 5.26 Å². The highest BCUT2D eigenvalue weighted by molar-refractivity contribution is 6.06. The number of benzene rings is 2. The second-order valence-corrected chi connectivity index (χ2v) is 7.19. The Morgan fingerprint density at radius 1 is 1.10 bits per heavy atom. The van der Waals surface area contributed by atoms with Crippen LogP contribution in [-0.4, -0.2) is 32.8 Å². The zero-order chi connectivity index (χ0) is 21.9. The van der Waals surface area contributed by atoms with Crippen molar-refractivity contribution in [3.05, 3.63) is 48.0 Å². The van der Waals surface area contributed by atoms with E-state index in [4.69, 9.17) is 19.5 Å². The summed E-state index contributed by atoms with van der Waals surface area (Å²) in [5.74, 6) is 2.19. The first kappa shape index (κ1) is 23.1. The molecule has 0 aliphatic rings. The van der Waals surface area contributed by atoms with Crippen LogP contribution in [0.5, 0.6) is 17.2 Å². The molecule has 0 fully saturated rings. The standard InChI is InChI=1S/C24H30N2O4/c1-5-29-21-10-8-20(9-11-21)26(15-6-14-25)24(27)19-7-12-22(23(17-19)28-4)30-16-13-18(2)3/h7-12,17-18H,5-6,13,15-16H2,1-4H3. The van der Waals surface area contributed by atoms with E-state index in [1.165, 1.54) is 0 Å². The van der Waals surface area contributed by atoms with E-state index < -0.39 is 0 Å². The van der Waals surface area contributed by atoms with Crippen LogP contribution in [0.15, 0.2) is 42.5 Å². The second kappa shape index (κ2) is 11.7. The van der Waals surface area contributed by atoms with Crippen LogP contribution < -0.4 is 19.1 Å². The van der Waals surface area contributed by atoms with Crippen LogP contribution in [0.1, 0.15) is 44.0 Å². The highest BCUT2D eigenvalue weighted by atomic mass is 16.5. The fourth-order valence-corrected chi connectivity index (χ4v) is 2.88. The summed E-state index contributed by atoms with van der Waals surface area (Å²) in [7, 11) is 1.55. The molecule has 0 aliphatic heterocycles. The minimum atomic E-state index is -0.207. The third-order valence-electron chi connectivity index (χ3n) is 4.52. The van der Waals surface area contributed by atoms with Crippen LogP contribution >= 0.6 is 0 Å². The van der Waals surface area contributed by atoms with Gasteiger partial charge >= 0.3 is 0 Å². The van der Waals surface area contributed by atoms with Gasteiger partial charge in [0.1, 0.15) is 5.75 Å². The van der Waals surface area contributed by atoms with Gasteiger partial charge in [-0.15, -0.1) is 0 Å². The van der Waals surface area contributed by atoms with Gasteiger partial charge in [-0.3, -0.25) is 4.79 Å². The number of hydrogen-bond donors (Lipinski definition) is 0. The monoisotopic (exact) mass is 410 g/mol. The predicted molar refractivity (Wildman–Crippen MR) is 117 cm³/mol. The summed E-state index contributed by atoms with van der Waals surface area (Å²) in [4.78, 5) is 14.8. The predicted octanol–water partition coefficient (Wildman–Crippen LogP) is 5.08. The SMILES string of the molecule is CCOc1ccc(N(CCC#N)C(=O)c2ccc(OCCC(C)C)c(OC)c2)cc1. The first-order chi connectivity index (χ1) is 14.5. The molecule has 30 heavy (non-hydrogen) atoms. The summed E-state index contributed by atoms with van der Waals surface area (Å²) in [5, 5.41) is 9.02. The number of nitrogens with zero attached hydrogens (tertiary/aromatic N) is 2. The van der Waals surface area contributed by atoms with Gasteiger partial charge in [0.25, 0.3) is 5.91 Å². The number of carbonyl (C=O) groups excluding carboxylic acids is 1. The average molecular weight is 411 g/mol. The Labute approximate surface area is 179 Å². The van der Waals surface area contributed by atoms with Crippen molar-refractivity contribution in [2.24, 2.45) is 5.92 Å². The fourth-order valence-electron chi connectivity index (χ4n) is 2.88. The maximum atomic E-state index is 13.2. The number of hydrogen-bond acceptors (Lipinski definition) is 5. The number of rotatable bonds is 11. The average Bonchev–Trinajstić information content (AvgIpc) is 2.75. The van der Waals surface area contributed by atoms with Crippen LogP contribution in [0.2, 0.25) is 0 Å². The number of amides is 1. The molecule has 2 aromatic carbocycles. The molecule has 0 radical (unpaired) electrons. The summed E-state index contributed by atoms with van der Waals surface area (Å²) < 4.78 is 16.7. The maximum absolute atomic E-state index is 13.2. The van der Waals surface area contributed by atoms with E-state index in [0.29, 0.717) is 41.9 Å². The maximum Gasteiger partial charge on any atom is 0.258 e. The Kier molecular flexibility index (Phi) is 9.02. The van der Waals surface area contributed by atoms with Gasteiger partial charge in [0.15, 0.2) is 11.5 Å². The third-order valence-corrected chi connectivity index (χ3v) is 4.52. The molecule has 2 aromatic rings. The van der Waals surface area contributed by atoms with E-state index in [2.05, 4.69) is 19.9 Å². The van der Waals surface area contributed by atoms with Gasteiger partial charge in [-0.2, -0.15) is 5.26 Å². The van der Waals surface area contributed by atoms with Crippen LogP contribution in [0.4, 0.5) is 5.69 Å². The lowest BCUT2D eigenvalue weighted by atomic mass is 10.1. The molecule has 0 spiro atoms. The molecule has 0 atom stereocenters. The lowest BCUT2D eigenvalue weighted by molar-refractivity contribution is 0.0987. The van der Waals surface area contributed by atoms with E-state index in [1.54, 1.807) is 30.2 Å². The van der Waals surface area contributed by atoms with Crippen molar-refractivity contribution < 1.29 is 19.0 Å². The number of ether oxygens (including phenoxy) is 3.